The molecule has 0 aliphatic heterocycles. The Morgan fingerprint density at radius 1 is 1.48 bits per heavy atom. The van der Waals surface area contributed by atoms with Crippen LogP contribution < -0.4 is 5.32 Å². The quantitative estimate of drug-likeness (QED) is 0.816. The summed E-state index contributed by atoms with van der Waals surface area (Å²) in [4.78, 5) is 19.9. The fraction of sp³-hybridized carbons (Fsp3) is 0.583. The van der Waals surface area contributed by atoms with E-state index >= 15 is 0 Å². The first kappa shape index (κ1) is 17.6. The van der Waals surface area contributed by atoms with Crippen molar-refractivity contribution < 1.29 is 22.7 Å². The molecule has 0 aromatic carbocycles. The Hall–Kier alpha value is -1.41. The number of amides is 1. The number of aromatic nitrogens is 2. The number of halogens is 4. The first-order chi connectivity index (χ1) is 9.70. The molecule has 0 aliphatic carbocycles. The highest BCUT2D eigenvalue weighted by Gasteiger charge is 2.27. The summed E-state index contributed by atoms with van der Waals surface area (Å²) in [6.45, 7) is 2.03. The molecule has 0 unspecified atom stereocenters. The smallest absolute Gasteiger partial charge is 0.370 e. The molecule has 1 aromatic rings. The fourth-order valence-corrected chi connectivity index (χ4v) is 1.50. The predicted molar refractivity (Wildman–Crippen MR) is 70.3 cm³/mol. The number of nitrogens with one attached hydrogen (secondary N) is 1. The summed E-state index contributed by atoms with van der Waals surface area (Å²) >= 11 is 5.83. The third-order valence-electron chi connectivity index (χ3n) is 2.29. The van der Waals surface area contributed by atoms with E-state index in [0.717, 1.165) is 0 Å². The number of hydrogen-bond donors (Lipinski definition) is 1. The Bertz CT molecular complexity index is 495. The van der Waals surface area contributed by atoms with Gasteiger partial charge in [0.15, 0.2) is 0 Å². The minimum absolute atomic E-state index is 0.00816. The second-order valence-corrected chi connectivity index (χ2v) is 4.91. The van der Waals surface area contributed by atoms with E-state index < -0.39 is 18.7 Å². The van der Waals surface area contributed by atoms with Crippen LogP contribution in [0.3, 0.4) is 0 Å². The van der Waals surface area contributed by atoms with Gasteiger partial charge in [0, 0.05) is 12.5 Å². The average molecular weight is 326 g/mol. The molecule has 1 N–H and O–H groups in total. The molecular weight excluding hydrogens is 311 g/mol. The Morgan fingerprint density at radius 2 is 2.14 bits per heavy atom. The molecule has 1 heterocycles. The van der Waals surface area contributed by atoms with Gasteiger partial charge in [0.2, 0.25) is 0 Å². The van der Waals surface area contributed by atoms with Crippen LogP contribution in [0.5, 0.6) is 0 Å². The third-order valence-corrected chi connectivity index (χ3v) is 2.57. The van der Waals surface area contributed by atoms with Crippen molar-refractivity contribution in [2.24, 2.45) is 0 Å². The van der Waals surface area contributed by atoms with E-state index in [4.69, 9.17) is 11.6 Å². The Labute approximate surface area is 124 Å². The fourth-order valence-electron chi connectivity index (χ4n) is 1.33. The highest BCUT2D eigenvalue weighted by atomic mass is 35.5. The predicted octanol–water partition coefficient (Wildman–Crippen LogP) is 2.56. The molecule has 0 aliphatic rings. The van der Waals surface area contributed by atoms with Crippen molar-refractivity contribution in [3.05, 3.63) is 22.7 Å². The van der Waals surface area contributed by atoms with Gasteiger partial charge < -0.3 is 10.1 Å². The molecule has 9 heteroatoms. The molecule has 1 amide bonds. The van der Waals surface area contributed by atoms with Gasteiger partial charge in [-0.05, 0) is 0 Å². The lowest BCUT2D eigenvalue weighted by Gasteiger charge is -2.10. The van der Waals surface area contributed by atoms with Gasteiger partial charge >= 0.3 is 6.18 Å². The Kier molecular flexibility index (Phi) is 6.35. The van der Waals surface area contributed by atoms with E-state index in [1.54, 1.807) is 0 Å². The molecule has 0 fully saturated rings. The molecule has 118 valence electrons. The van der Waals surface area contributed by atoms with Crippen LogP contribution >= 0.6 is 11.6 Å². The van der Waals surface area contributed by atoms with Gasteiger partial charge in [-0.1, -0.05) is 25.4 Å². The first-order valence-corrected chi connectivity index (χ1v) is 6.53. The van der Waals surface area contributed by atoms with Crippen LogP contribution in [0, 0.1) is 0 Å². The van der Waals surface area contributed by atoms with Crippen LogP contribution in [-0.2, 0) is 4.74 Å². The molecule has 0 saturated heterocycles. The van der Waals surface area contributed by atoms with Crippen LogP contribution in [0.1, 0.15) is 36.1 Å². The zero-order valence-corrected chi connectivity index (χ0v) is 12.3. The van der Waals surface area contributed by atoms with Crippen molar-refractivity contribution in [3.8, 4) is 0 Å². The highest BCUT2D eigenvalue weighted by molar-refractivity contribution is 6.33. The normalized spacial score (nSPS) is 11.8. The lowest BCUT2D eigenvalue weighted by Crippen LogP contribution is -2.30. The van der Waals surface area contributed by atoms with Gasteiger partial charge in [0.25, 0.3) is 5.91 Å². The molecule has 0 spiro atoms. The molecule has 1 rings (SSSR count). The van der Waals surface area contributed by atoms with E-state index in [9.17, 15) is 18.0 Å². The summed E-state index contributed by atoms with van der Waals surface area (Å²) in [6, 6.07) is 0. The van der Waals surface area contributed by atoms with Crippen LogP contribution in [0.2, 0.25) is 5.02 Å². The van der Waals surface area contributed by atoms with Crippen LogP contribution in [-0.4, -0.2) is 41.8 Å². The summed E-state index contributed by atoms with van der Waals surface area (Å²) in [5.74, 6) is -0.110. The van der Waals surface area contributed by atoms with Crippen molar-refractivity contribution >= 4 is 17.5 Å². The van der Waals surface area contributed by atoms with Crippen molar-refractivity contribution in [1.29, 1.82) is 0 Å². The molecule has 0 saturated carbocycles. The summed E-state index contributed by atoms with van der Waals surface area (Å²) in [5.41, 5.74) is -0.00816. The molecule has 0 radical (unpaired) electrons. The topological polar surface area (TPSA) is 64.1 Å². The Balaban J connectivity index is 2.50. The summed E-state index contributed by atoms with van der Waals surface area (Å²) < 4.78 is 39.9. The second kappa shape index (κ2) is 7.56. The maximum atomic E-state index is 11.8. The highest BCUT2D eigenvalue weighted by Crippen LogP contribution is 2.16. The van der Waals surface area contributed by atoms with E-state index in [1.807, 2.05) is 13.8 Å². The molecular formula is C12H15ClF3N3O2. The molecule has 0 bridgehead atoms. The zero-order chi connectivity index (χ0) is 16.0. The number of ether oxygens (including phenoxy) is 1. The molecule has 21 heavy (non-hydrogen) atoms. The van der Waals surface area contributed by atoms with Gasteiger partial charge in [-0.15, -0.1) is 0 Å². The molecule has 5 nitrogen and oxygen atoms in total. The number of hydrogen-bond acceptors (Lipinski definition) is 4. The van der Waals surface area contributed by atoms with Gasteiger partial charge in [-0.25, -0.2) is 9.97 Å². The first-order valence-electron chi connectivity index (χ1n) is 6.16. The molecule has 0 atom stereocenters. The number of carbonyl (C=O) groups is 1. The number of nitrogens with zero attached hydrogens (tertiary/aromatic N) is 2. The Morgan fingerprint density at radius 3 is 2.71 bits per heavy atom. The molecule has 1 aromatic heterocycles. The number of rotatable bonds is 6. The lowest BCUT2D eigenvalue weighted by atomic mass is 10.2. The summed E-state index contributed by atoms with van der Waals surface area (Å²) in [7, 11) is 0. The minimum atomic E-state index is -4.38. The van der Waals surface area contributed by atoms with Crippen molar-refractivity contribution in [2.75, 3.05) is 19.8 Å². The van der Waals surface area contributed by atoms with Crippen molar-refractivity contribution in [1.82, 2.24) is 15.3 Å². The summed E-state index contributed by atoms with van der Waals surface area (Å²) in [5, 5.41) is 2.46. The average Bonchev–Trinajstić information content (AvgIpc) is 2.36. The second-order valence-electron chi connectivity index (χ2n) is 4.50. The van der Waals surface area contributed by atoms with Crippen molar-refractivity contribution in [3.63, 3.8) is 0 Å². The monoisotopic (exact) mass is 325 g/mol. The van der Waals surface area contributed by atoms with E-state index in [-0.39, 0.29) is 29.8 Å². The van der Waals surface area contributed by atoms with Gasteiger partial charge in [0.1, 0.15) is 18.1 Å². The van der Waals surface area contributed by atoms with Crippen LogP contribution in [0.25, 0.3) is 0 Å². The maximum absolute atomic E-state index is 11.8. The standard InChI is InChI=1S/C12H15ClF3N3O2/c1-7(2)10-18-5-8(13)9(19-10)11(20)17-3-4-21-6-12(14,15)16/h5,7H,3-4,6H2,1-2H3,(H,17,20). The van der Waals surface area contributed by atoms with E-state index in [1.165, 1.54) is 6.20 Å². The van der Waals surface area contributed by atoms with Gasteiger partial charge in [0.05, 0.1) is 17.8 Å². The van der Waals surface area contributed by atoms with E-state index in [2.05, 4.69) is 20.0 Å². The van der Waals surface area contributed by atoms with Crippen molar-refractivity contribution in [2.45, 2.75) is 25.9 Å². The zero-order valence-electron chi connectivity index (χ0n) is 11.5. The minimum Gasteiger partial charge on any atom is -0.370 e. The SMILES string of the molecule is CC(C)c1ncc(Cl)c(C(=O)NCCOCC(F)(F)F)n1. The van der Waals surface area contributed by atoms with Gasteiger partial charge in [-0.3, -0.25) is 4.79 Å². The van der Waals surface area contributed by atoms with E-state index in [0.29, 0.717) is 5.82 Å². The van der Waals surface area contributed by atoms with Crippen LogP contribution in [0.15, 0.2) is 6.20 Å². The number of carbonyl (C=O) groups excluding carboxylic acids is 1. The lowest BCUT2D eigenvalue weighted by molar-refractivity contribution is -0.173. The number of alkyl halides is 3. The third kappa shape index (κ3) is 6.26. The summed E-state index contributed by atoms with van der Waals surface area (Å²) in [6.07, 6.45) is -3.06. The largest absolute Gasteiger partial charge is 0.411 e. The van der Waals surface area contributed by atoms with Gasteiger partial charge in [-0.2, -0.15) is 13.2 Å². The van der Waals surface area contributed by atoms with Crippen LogP contribution in [0.4, 0.5) is 13.2 Å². The maximum Gasteiger partial charge on any atom is 0.411 e.